The molecule has 4 rings (SSSR count). The number of halogens is 1. The summed E-state index contributed by atoms with van der Waals surface area (Å²) in [6.07, 6.45) is 2.74. The molecule has 7 nitrogen and oxygen atoms in total. The Morgan fingerprint density at radius 1 is 1.21 bits per heavy atom. The summed E-state index contributed by atoms with van der Waals surface area (Å²) in [5.41, 5.74) is 0.814. The van der Waals surface area contributed by atoms with Crippen molar-refractivity contribution in [2.24, 2.45) is 5.92 Å². The fraction of sp³-hybridized carbons (Fsp3) is 0.300. The van der Waals surface area contributed by atoms with Crippen LogP contribution in [0.15, 0.2) is 46.7 Å². The second-order valence-electron chi connectivity index (χ2n) is 6.82. The van der Waals surface area contributed by atoms with Gasteiger partial charge in [0.25, 0.3) is 11.5 Å². The maximum atomic E-state index is 12.5. The van der Waals surface area contributed by atoms with E-state index in [1.54, 1.807) is 40.7 Å². The van der Waals surface area contributed by atoms with Crippen molar-refractivity contribution < 1.29 is 14.3 Å². The van der Waals surface area contributed by atoms with Gasteiger partial charge in [-0.15, -0.1) is 11.3 Å². The van der Waals surface area contributed by atoms with Crippen molar-refractivity contribution in [1.82, 2.24) is 14.3 Å². The van der Waals surface area contributed by atoms with Crippen LogP contribution in [-0.2, 0) is 16.1 Å². The Morgan fingerprint density at radius 2 is 1.93 bits per heavy atom. The lowest BCUT2D eigenvalue weighted by Crippen LogP contribution is -2.40. The molecule has 0 saturated carbocycles. The third kappa shape index (κ3) is 4.33. The lowest BCUT2D eigenvalue weighted by Gasteiger charge is -2.31. The Bertz CT molecular complexity index is 1100. The van der Waals surface area contributed by atoms with Crippen LogP contribution in [0.2, 0.25) is 5.02 Å². The number of rotatable bonds is 4. The number of carbonyl (C=O) groups excluding carboxylic acids is 2. The van der Waals surface area contributed by atoms with Crippen LogP contribution < -0.4 is 5.56 Å². The van der Waals surface area contributed by atoms with Crippen LogP contribution in [0, 0.1) is 5.92 Å². The molecule has 1 aliphatic heterocycles. The van der Waals surface area contributed by atoms with Crippen LogP contribution in [-0.4, -0.2) is 39.3 Å². The molecule has 0 radical (unpaired) electrons. The molecule has 29 heavy (non-hydrogen) atoms. The van der Waals surface area contributed by atoms with E-state index in [1.165, 1.54) is 21.8 Å². The van der Waals surface area contributed by atoms with Crippen molar-refractivity contribution in [3.05, 3.63) is 68.5 Å². The monoisotopic (exact) mass is 431 g/mol. The van der Waals surface area contributed by atoms with Gasteiger partial charge < -0.3 is 9.64 Å². The topological polar surface area (TPSA) is 81.0 Å². The van der Waals surface area contributed by atoms with Crippen molar-refractivity contribution in [1.29, 1.82) is 0 Å². The molecule has 1 saturated heterocycles. The summed E-state index contributed by atoms with van der Waals surface area (Å²) in [6, 6.07) is 8.15. The van der Waals surface area contributed by atoms with Gasteiger partial charge in [-0.25, -0.2) is 4.98 Å². The quantitative estimate of drug-likeness (QED) is 0.593. The molecule has 2 aromatic heterocycles. The molecular formula is C20H18ClN3O4S. The Kier molecular flexibility index (Phi) is 5.64. The summed E-state index contributed by atoms with van der Waals surface area (Å²) >= 11 is 7.21. The first kappa shape index (κ1) is 19.6. The van der Waals surface area contributed by atoms with E-state index in [4.69, 9.17) is 16.3 Å². The van der Waals surface area contributed by atoms with E-state index in [9.17, 15) is 14.4 Å². The Labute approximate surface area is 175 Å². The first-order chi connectivity index (χ1) is 14.0. The van der Waals surface area contributed by atoms with E-state index in [0.717, 1.165) is 0 Å². The van der Waals surface area contributed by atoms with Gasteiger partial charge in [-0.1, -0.05) is 11.6 Å². The highest BCUT2D eigenvalue weighted by molar-refractivity contribution is 7.15. The van der Waals surface area contributed by atoms with Crippen molar-refractivity contribution >= 4 is 39.8 Å². The largest absolute Gasteiger partial charge is 0.459 e. The minimum absolute atomic E-state index is 0.0353. The van der Waals surface area contributed by atoms with Gasteiger partial charge in [-0.2, -0.15) is 0 Å². The minimum atomic E-state index is -0.322. The zero-order valence-corrected chi connectivity index (χ0v) is 17.0. The molecule has 0 N–H and O–H groups in total. The lowest BCUT2D eigenvalue weighted by molar-refractivity contribution is -0.151. The maximum absolute atomic E-state index is 12.5. The summed E-state index contributed by atoms with van der Waals surface area (Å²) in [5, 5.41) is 2.36. The van der Waals surface area contributed by atoms with Crippen molar-refractivity contribution in [3.8, 4) is 0 Å². The number of ether oxygens (including phenoxy) is 1. The molecule has 1 fully saturated rings. The summed E-state index contributed by atoms with van der Waals surface area (Å²) in [5.74, 6) is -0.657. The van der Waals surface area contributed by atoms with E-state index in [2.05, 4.69) is 4.98 Å². The molecule has 3 heterocycles. The molecule has 0 unspecified atom stereocenters. The fourth-order valence-electron chi connectivity index (χ4n) is 3.32. The van der Waals surface area contributed by atoms with E-state index < -0.39 is 0 Å². The SMILES string of the molecule is O=C(OCc1cc(=O)n2ccsc2n1)C1CCN(C(=O)c2ccc(Cl)cc2)CC1. The van der Waals surface area contributed by atoms with Gasteiger partial charge in [-0.3, -0.25) is 18.8 Å². The zero-order valence-electron chi connectivity index (χ0n) is 15.4. The number of aromatic nitrogens is 2. The normalized spacial score (nSPS) is 14.9. The highest BCUT2D eigenvalue weighted by atomic mass is 35.5. The molecule has 150 valence electrons. The third-order valence-electron chi connectivity index (χ3n) is 4.93. The van der Waals surface area contributed by atoms with Gasteiger partial charge in [0, 0.05) is 41.3 Å². The number of amides is 1. The van der Waals surface area contributed by atoms with Crippen LogP contribution in [0.25, 0.3) is 4.96 Å². The maximum Gasteiger partial charge on any atom is 0.309 e. The predicted molar refractivity (Wildman–Crippen MR) is 109 cm³/mol. The average Bonchev–Trinajstić information content (AvgIpc) is 3.21. The smallest absolute Gasteiger partial charge is 0.309 e. The van der Waals surface area contributed by atoms with E-state index in [0.29, 0.717) is 47.2 Å². The predicted octanol–water partition coefficient (Wildman–Crippen LogP) is 3.01. The molecule has 0 spiro atoms. The van der Waals surface area contributed by atoms with Gasteiger partial charge >= 0.3 is 5.97 Å². The molecule has 1 aromatic carbocycles. The summed E-state index contributed by atoms with van der Waals surface area (Å²) in [7, 11) is 0. The number of thiazole rings is 1. The second-order valence-corrected chi connectivity index (χ2v) is 8.13. The van der Waals surface area contributed by atoms with Crippen molar-refractivity contribution in [2.75, 3.05) is 13.1 Å². The lowest BCUT2D eigenvalue weighted by atomic mass is 9.96. The number of nitrogens with zero attached hydrogens (tertiary/aromatic N) is 3. The Hall–Kier alpha value is -2.71. The van der Waals surface area contributed by atoms with Crippen LogP contribution >= 0.6 is 22.9 Å². The summed E-state index contributed by atoms with van der Waals surface area (Å²) in [6.45, 7) is 0.941. The van der Waals surface area contributed by atoms with Gasteiger partial charge in [0.2, 0.25) is 0 Å². The van der Waals surface area contributed by atoms with E-state index in [1.807, 2.05) is 0 Å². The fourth-order valence-corrected chi connectivity index (χ4v) is 4.18. The summed E-state index contributed by atoms with van der Waals surface area (Å²) < 4.78 is 6.83. The zero-order chi connectivity index (χ0) is 20.4. The molecular weight excluding hydrogens is 414 g/mol. The van der Waals surface area contributed by atoms with Crippen LogP contribution in [0.3, 0.4) is 0 Å². The van der Waals surface area contributed by atoms with Gasteiger partial charge in [-0.05, 0) is 37.1 Å². The molecule has 0 atom stereocenters. The molecule has 0 bridgehead atoms. The molecule has 3 aromatic rings. The van der Waals surface area contributed by atoms with Crippen LogP contribution in [0.1, 0.15) is 28.9 Å². The van der Waals surface area contributed by atoms with Crippen molar-refractivity contribution in [3.63, 3.8) is 0 Å². The third-order valence-corrected chi connectivity index (χ3v) is 5.93. The molecule has 9 heteroatoms. The molecule has 1 aliphatic rings. The average molecular weight is 432 g/mol. The number of esters is 1. The number of piperidine rings is 1. The van der Waals surface area contributed by atoms with E-state index in [-0.39, 0.29) is 30.0 Å². The first-order valence-electron chi connectivity index (χ1n) is 9.18. The highest BCUT2D eigenvalue weighted by Gasteiger charge is 2.29. The van der Waals surface area contributed by atoms with Gasteiger partial charge in [0.1, 0.15) is 6.61 Å². The van der Waals surface area contributed by atoms with Crippen molar-refractivity contribution in [2.45, 2.75) is 19.4 Å². The van der Waals surface area contributed by atoms with Crippen LogP contribution in [0.4, 0.5) is 0 Å². The first-order valence-corrected chi connectivity index (χ1v) is 10.4. The molecule has 0 aliphatic carbocycles. The van der Waals surface area contributed by atoms with Gasteiger partial charge in [0.15, 0.2) is 4.96 Å². The van der Waals surface area contributed by atoms with Gasteiger partial charge in [0.05, 0.1) is 11.6 Å². The number of hydrogen-bond acceptors (Lipinski definition) is 6. The second kappa shape index (κ2) is 8.34. The minimum Gasteiger partial charge on any atom is -0.459 e. The number of carbonyl (C=O) groups is 2. The number of likely N-dealkylation sites (tertiary alicyclic amines) is 1. The van der Waals surface area contributed by atoms with Crippen LogP contribution in [0.5, 0.6) is 0 Å². The van der Waals surface area contributed by atoms with E-state index >= 15 is 0 Å². The Balaban J connectivity index is 1.31. The summed E-state index contributed by atoms with van der Waals surface area (Å²) in [4.78, 5) is 43.6. The Morgan fingerprint density at radius 3 is 2.66 bits per heavy atom. The highest BCUT2D eigenvalue weighted by Crippen LogP contribution is 2.21. The number of hydrogen-bond donors (Lipinski definition) is 0. The molecule has 1 amide bonds. The standard InChI is InChI=1S/C20H18ClN3O4S/c21-15-3-1-13(2-4-15)18(26)23-7-5-14(6-8-23)19(27)28-12-16-11-17(25)24-9-10-29-20(24)22-16/h1-4,9-11,14H,5-8,12H2. The number of fused-ring (bicyclic) bond motifs is 1. The number of benzene rings is 1.